The third kappa shape index (κ3) is 5.46. The molecule has 0 spiro atoms. The molecule has 0 unspecified atom stereocenters. The van der Waals surface area contributed by atoms with Crippen LogP contribution in [0.15, 0.2) is 42.5 Å². The molecule has 0 aliphatic heterocycles. The molecule has 0 saturated carbocycles. The van der Waals surface area contributed by atoms with Crippen molar-refractivity contribution in [3.63, 3.8) is 0 Å². The number of hydrogen-bond acceptors (Lipinski definition) is 5. The number of rotatable bonds is 8. The lowest BCUT2D eigenvalue weighted by atomic mass is 10.2. The molecule has 142 valence electrons. The van der Waals surface area contributed by atoms with Crippen LogP contribution in [0.3, 0.4) is 0 Å². The summed E-state index contributed by atoms with van der Waals surface area (Å²) in [6.45, 7) is 0. The maximum atomic E-state index is 12.4. The van der Waals surface area contributed by atoms with Crippen molar-refractivity contribution in [2.75, 3.05) is 24.9 Å². The lowest BCUT2D eigenvalue weighted by Gasteiger charge is -2.16. The number of ether oxygens (including phenoxy) is 2. The van der Waals surface area contributed by atoms with Crippen LogP contribution < -0.4 is 20.1 Å². The molecule has 0 aromatic heterocycles. The van der Waals surface area contributed by atoms with Gasteiger partial charge in [-0.15, -0.1) is 0 Å². The predicted molar refractivity (Wildman–Crippen MR) is 99.4 cm³/mol. The quantitative estimate of drug-likeness (QED) is 0.656. The van der Waals surface area contributed by atoms with Gasteiger partial charge in [0.05, 0.1) is 32.0 Å². The first-order valence-electron chi connectivity index (χ1n) is 8.08. The summed E-state index contributed by atoms with van der Waals surface area (Å²) >= 11 is 0. The van der Waals surface area contributed by atoms with Crippen molar-refractivity contribution < 1.29 is 29.0 Å². The number of anilines is 2. The predicted octanol–water partition coefficient (Wildman–Crippen LogP) is 2.76. The minimum atomic E-state index is -1.06. The Kier molecular flexibility index (Phi) is 6.76. The molecule has 0 atom stereocenters. The molecule has 0 fully saturated rings. The minimum absolute atomic E-state index is 0.173. The molecular weight excluding hydrogens is 352 g/mol. The van der Waals surface area contributed by atoms with Crippen LogP contribution in [-0.2, 0) is 9.59 Å². The Bertz CT molecular complexity index is 836. The van der Waals surface area contributed by atoms with Crippen LogP contribution in [0.5, 0.6) is 11.5 Å². The third-order valence-electron chi connectivity index (χ3n) is 3.65. The van der Waals surface area contributed by atoms with Crippen molar-refractivity contribution in [2.24, 2.45) is 0 Å². The maximum absolute atomic E-state index is 12.4. The SMILES string of the molecule is COc1cc(NC(=O)c2ccccc2)c(OC)cc1NC(=O)CCC(=O)O. The van der Waals surface area contributed by atoms with Crippen LogP contribution in [0.2, 0.25) is 0 Å². The average Bonchev–Trinajstić information content (AvgIpc) is 2.67. The Morgan fingerprint density at radius 2 is 1.44 bits per heavy atom. The number of nitrogens with one attached hydrogen (secondary N) is 2. The van der Waals surface area contributed by atoms with Gasteiger partial charge in [-0.05, 0) is 12.1 Å². The van der Waals surface area contributed by atoms with Gasteiger partial charge in [-0.1, -0.05) is 18.2 Å². The molecule has 8 heteroatoms. The largest absolute Gasteiger partial charge is 0.494 e. The highest BCUT2D eigenvalue weighted by atomic mass is 16.5. The van der Waals surface area contributed by atoms with E-state index < -0.39 is 11.9 Å². The highest BCUT2D eigenvalue weighted by molar-refractivity contribution is 6.05. The summed E-state index contributed by atoms with van der Waals surface area (Å²) in [4.78, 5) is 34.8. The molecule has 0 aliphatic carbocycles. The summed E-state index contributed by atoms with van der Waals surface area (Å²) in [6.07, 6.45) is -0.455. The topological polar surface area (TPSA) is 114 Å². The van der Waals surface area contributed by atoms with Crippen LogP contribution >= 0.6 is 0 Å². The van der Waals surface area contributed by atoms with Crippen LogP contribution in [0.25, 0.3) is 0 Å². The Hall–Kier alpha value is -3.55. The highest BCUT2D eigenvalue weighted by Crippen LogP contribution is 2.36. The number of aliphatic carboxylic acids is 1. The average molecular weight is 372 g/mol. The second-order valence-corrected chi connectivity index (χ2v) is 5.51. The first-order valence-corrected chi connectivity index (χ1v) is 8.08. The van der Waals surface area contributed by atoms with E-state index in [0.717, 1.165) is 0 Å². The van der Waals surface area contributed by atoms with E-state index in [1.165, 1.54) is 26.4 Å². The van der Waals surface area contributed by atoms with Gasteiger partial charge in [-0.3, -0.25) is 14.4 Å². The van der Waals surface area contributed by atoms with E-state index in [-0.39, 0.29) is 18.7 Å². The van der Waals surface area contributed by atoms with E-state index in [0.29, 0.717) is 28.4 Å². The molecule has 0 saturated heterocycles. The van der Waals surface area contributed by atoms with E-state index >= 15 is 0 Å². The number of hydrogen-bond donors (Lipinski definition) is 3. The van der Waals surface area contributed by atoms with Gasteiger partial charge < -0.3 is 25.2 Å². The van der Waals surface area contributed by atoms with Crippen LogP contribution in [0.1, 0.15) is 23.2 Å². The molecule has 0 radical (unpaired) electrons. The monoisotopic (exact) mass is 372 g/mol. The van der Waals surface area contributed by atoms with Gasteiger partial charge in [0, 0.05) is 24.1 Å². The standard InChI is InChI=1S/C19H20N2O6/c1-26-15-11-14(21-19(25)12-6-4-3-5-7-12)16(27-2)10-13(15)20-17(22)8-9-18(23)24/h3-7,10-11H,8-9H2,1-2H3,(H,20,22)(H,21,25)(H,23,24). The number of benzene rings is 2. The zero-order valence-corrected chi connectivity index (χ0v) is 14.9. The van der Waals surface area contributed by atoms with E-state index in [2.05, 4.69) is 10.6 Å². The summed E-state index contributed by atoms with van der Waals surface area (Å²) in [6, 6.07) is 11.7. The summed E-state index contributed by atoms with van der Waals surface area (Å²) in [5, 5.41) is 14.0. The second kappa shape index (κ2) is 9.23. The lowest BCUT2D eigenvalue weighted by Crippen LogP contribution is -2.15. The van der Waals surface area contributed by atoms with Gasteiger partial charge in [0.2, 0.25) is 5.91 Å². The third-order valence-corrected chi connectivity index (χ3v) is 3.65. The van der Waals surface area contributed by atoms with Crippen molar-refractivity contribution in [3.8, 4) is 11.5 Å². The molecule has 2 rings (SSSR count). The zero-order valence-electron chi connectivity index (χ0n) is 14.9. The van der Waals surface area contributed by atoms with Crippen molar-refractivity contribution in [1.29, 1.82) is 0 Å². The summed E-state index contributed by atoms with van der Waals surface area (Å²) in [5.41, 5.74) is 1.15. The molecule has 27 heavy (non-hydrogen) atoms. The van der Waals surface area contributed by atoms with Crippen molar-refractivity contribution in [1.82, 2.24) is 0 Å². The fourth-order valence-electron chi connectivity index (χ4n) is 2.31. The molecular formula is C19H20N2O6. The number of carbonyl (C=O) groups is 3. The normalized spacial score (nSPS) is 10.0. The van der Waals surface area contributed by atoms with Gasteiger partial charge >= 0.3 is 5.97 Å². The summed E-state index contributed by atoms with van der Waals surface area (Å²) < 4.78 is 10.5. The minimum Gasteiger partial charge on any atom is -0.494 e. The molecule has 0 bridgehead atoms. The fourth-order valence-corrected chi connectivity index (χ4v) is 2.31. The number of amides is 2. The van der Waals surface area contributed by atoms with E-state index in [4.69, 9.17) is 14.6 Å². The molecule has 0 aliphatic rings. The first-order chi connectivity index (χ1) is 12.9. The van der Waals surface area contributed by atoms with Gasteiger partial charge in [-0.2, -0.15) is 0 Å². The Labute approximate surface area is 156 Å². The summed E-state index contributed by atoms with van der Waals surface area (Å²) in [7, 11) is 2.84. The van der Waals surface area contributed by atoms with Crippen molar-refractivity contribution in [3.05, 3.63) is 48.0 Å². The van der Waals surface area contributed by atoms with E-state index in [1.807, 2.05) is 6.07 Å². The lowest BCUT2D eigenvalue weighted by molar-refractivity contribution is -0.138. The Morgan fingerprint density at radius 3 is 1.96 bits per heavy atom. The summed E-state index contributed by atoms with van der Waals surface area (Å²) in [5.74, 6) is -1.25. The van der Waals surface area contributed by atoms with Gasteiger partial charge in [0.15, 0.2) is 0 Å². The van der Waals surface area contributed by atoms with Crippen LogP contribution in [-0.4, -0.2) is 37.1 Å². The molecule has 8 nitrogen and oxygen atoms in total. The number of methoxy groups -OCH3 is 2. The highest BCUT2D eigenvalue weighted by Gasteiger charge is 2.16. The number of carboxylic acid groups (broad SMARTS) is 1. The molecule has 2 amide bonds. The van der Waals surface area contributed by atoms with Crippen LogP contribution in [0.4, 0.5) is 11.4 Å². The maximum Gasteiger partial charge on any atom is 0.303 e. The van der Waals surface area contributed by atoms with Crippen molar-refractivity contribution in [2.45, 2.75) is 12.8 Å². The van der Waals surface area contributed by atoms with E-state index in [9.17, 15) is 14.4 Å². The zero-order chi connectivity index (χ0) is 19.8. The van der Waals surface area contributed by atoms with Crippen LogP contribution in [0, 0.1) is 0 Å². The smallest absolute Gasteiger partial charge is 0.303 e. The molecule has 0 heterocycles. The van der Waals surface area contributed by atoms with Gasteiger partial charge in [-0.25, -0.2) is 0 Å². The second-order valence-electron chi connectivity index (χ2n) is 5.51. The molecule has 2 aromatic rings. The van der Waals surface area contributed by atoms with Gasteiger partial charge in [0.25, 0.3) is 5.91 Å². The van der Waals surface area contributed by atoms with E-state index in [1.54, 1.807) is 24.3 Å². The molecule has 2 aromatic carbocycles. The van der Waals surface area contributed by atoms with Crippen molar-refractivity contribution >= 4 is 29.2 Å². The fraction of sp³-hybridized carbons (Fsp3) is 0.211. The first kappa shape index (κ1) is 19.8. The number of carboxylic acids is 1. The Morgan fingerprint density at radius 1 is 0.889 bits per heavy atom. The van der Waals surface area contributed by atoms with Gasteiger partial charge in [0.1, 0.15) is 11.5 Å². The number of carbonyl (C=O) groups excluding carboxylic acids is 2. The Balaban J connectivity index is 2.23. The molecule has 3 N–H and O–H groups in total.